The molecule has 0 heterocycles. The number of carbonyl (C=O) groups excluding carboxylic acids is 2. The summed E-state index contributed by atoms with van der Waals surface area (Å²) in [6.45, 7) is 5.02. The number of rotatable bonds is 5. The number of ether oxygens (including phenoxy) is 1. The fraction of sp³-hybridized carbons (Fsp3) is 0.613. The van der Waals surface area contributed by atoms with Gasteiger partial charge in [0.15, 0.2) is 5.78 Å². The Morgan fingerprint density at radius 2 is 1.78 bits per heavy atom. The molecule has 1 amide bonds. The molecule has 0 aliphatic heterocycles. The van der Waals surface area contributed by atoms with Gasteiger partial charge in [0.1, 0.15) is 12.2 Å². The first-order valence-corrected chi connectivity index (χ1v) is 14.2. The number of nitrogens with one attached hydrogen (secondary N) is 1. The molecule has 224 valence electrons. The third kappa shape index (κ3) is 4.79. The van der Waals surface area contributed by atoms with E-state index in [1.54, 1.807) is 44.2 Å². The number of allylic oxidation sites excluding steroid dienone is 4. The zero-order valence-electron chi connectivity index (χ0n) is 23.4. The van der Waals surface area contributed by atoms with Crippen molar-refractivity contribution in [3.63, 3.8) is 0 Å². The fourth-order valence-corrected chi connectivity index (χ4v) is 7.99. The summed E-state index contributed by atoms with van der Waals surface area (Å²) in [5, 5.41) is 14.0. The summed E-state index contributed by atoms with van der Waals surface area (Å²) in [4.78, 5) is 24.1. The van der Waals surface area contributed by atoms with Gasteiger partial charge in [0.05, 0.1) is 0 Å². The zero-order valence-corrected chi connectivity index (χ0v) is 23.4. The van der Waals surface area contributed by atoms with Crippen LogP contribution in [0.4, 0.5) is 26.7 Å². The van der Waals surface area contributed by atoms with E-state index in [0.717, 1.165) is 22.3 Å². The summed E-state index contributed by atoms with van der Waals surface area (Å²) in [7, 11) is 0. The van der Waals surface area contributed by atoms with E-state index in [9.17, 15) is 27.9 Å². The molecule has 0 saturated heterocycles. The van der Waals surface area contributed by atoms with Crippen molar-refractivity contribution in [3.8, 4) is 0 Å². The van der Waals surface area contributed by atoms with Gasteiger partial charge in [-0.3, -0.25) is 4.79 Å². The molecule has 5 atom stereocenters. The number of hydrogen-bond acceptors (Lipinski definition) is 4. The van der Waals surface area contributed by atoms with Crippen LogP contribution in [0.1, 0.15) is 82.8 Å². The number of aliphatic hydroxyl groups is 1. The molecule has 0 spiro atoms. The second-order valence-electron chi connectivity index (χ2n) is 12.6. The van der Waals surface area contributed by atoms with Crippen LogP contribution in [0, 0.1) is 17.3 Å². The third-order valence-electron chi connectivity index (χ3n) is 9.92. The van der Waals surface area contributed by atoms with Crippen molar-refractivity contribution in [2.45, 2.75) is 102 Å². The average molecular weight is 582 g/mol. The number of ketones is 1. The Hall–Kier alpha value is -2.75. The summed E-state index contributed by atoms with van der Waals surface area (Å²) in [5.41, 5.74) is -0.566. The predicted molar refractivity (Wildman–Crippen MR) is 141 cm³/mol. The van der Waals surface area contributed by atoms with E-state index in [4.69, 9.17) is 4.74 Å². The summed E-state index contributed by atoms with van der Waals surface area (Å²) in [5.74, 6) is -6.58. The van der Waals surface area contributed by atoms with Crippen LogP contribution in [-0.2, 0) is 16.1 Å². The fourth-order valence-electron chi connectivity index (χ4n) is 7.99. The van der Waals surface area contributed by atoms with Crippen LogP contribution in [0.3, 0.4) is 0 Å². The maximum Gasteiger partial charge on any atom is 0.456 e. The van der Waals surface area contributed by atoms with Gasteiger partial charge in [0.25, 0.3) is 0 Å². The molecule has 1 aromatic rings. The van der Waals surface area contributed by atoms with Gasteiger partial charge in [-0.2, -0.15) is 22.0 Å². The minimum Gasteiger partial charge on any atom is -0.445 e. The molecule has 2 fully saturated rings. The van der Waals surface area contributed by atoms with Crippen molar-refractivity contribution >= 4 is 11.9 Å². The SMILES string of the molecule is CC(C)NC(=O)OCc1ccc([C@H]2C[C@@]3(C)[C@@H](CC[C@@]3(O)C(F)(F)C(F)(F)F)[C@@H]3CCC4=CC(=O)CCC4=C32)cc1. The van der Waals surface area contributed by atoms with Crippen molar-refractivity contribution < 1.29 is 41.4 Å². The average Bonchev–Trinajstić information content (AvgIpc) is 3.17. The van der Waals surface area contributed by atoms with Gasteiger partial charge in [-0.1, -0.05) is 36.8 Å². The lowest BCUT2D eigenvalue weighted by molar-refractivity contribution is -0.362. The first-order valence-electron chi connectivity index (χ1n) is 14.2. The molecule has 10 heteroatoms. The quantitative estimate of drug-likeness (QED) is 0.362. The van der Waals surface area contributed by atoms with Crippen LogP contribution >= 0.6 is 0 Å². The van der Waals surface area contributed by atoms with Crippen LogP contribution < -0.4 is 5.32 Å². The van der Waals surface area contributed by atoms with Crippen LogP contribution in [0.25, 0.3) is 0 Å². The van der Waals surface area contributed by atoms with Crippen molar-refractivity contribution in [1.82, 2.24) is 5.32 Å². The first-order chi connectivity index (χ1) is 19.1. The summed E-state index contributed by atoms with van der Waals surface area (Å²) in [6.07, 6.45) is -3.53. The Morgan fingerprint density at radius 3 is 2.41 bits per heavy atom. The molecule has 0 radical (unpaired) electrons. The Morgan fingerprint density at radius 1 is 1.10 bits per heavy atom. The van der Waals surface area contributed by atoms with Gasteiger partial charge in [-0.15, -0.1) is 0 Å². The van der Waals surface area contributed by atoms with Crippen LogP contribution in [0.15, 0.2) is 47.1 Å². The van der Waals surface area contributed by atoms with Crippen molar-refractivity contribution in [3.05, 3.63) is 58.2 Å². The number of hydrogen-bond donors (Lipinski definition) is 2. The highest BCUT2D eigenvalue weighted by molar-refractivity contribution is 5.93. The van der Waals surface area contributed by atoms with Crippen molar-refractivity contribution in [2.75, 3.05) is 0 Å². The first kappa shape index (κ1) is 29.7. The van der Waals surface area contributed by atoms with E-state index in [0.29, 0.717) is 31.2 Å². The molecule has 2 N–H and O–H groups in total. The highest BCUT2D eigenvalue weighted by atomic mass is 19.4. The van der Waals surface area contributed by atoms with Crippen LogP contribution in [0.2, 0.25) is 0 Å². The van der Waals surface area contributed by atoms with E-state index in [1.165, 1.54) is 6.92 Å². The zero-order chi connectivity index (χ0) is 30.0. The molecule has 1 aromatic carbocycles. The Bertz CT molecular complexity index is 1280. The maximum absolute atomic E-state index is 15.1. The normalized spacial score (nSPS) is 31.8. The van der Waals surface area contributed by atoms with Crippen LogP contribution in [-0.4, -0.2) is 40.7 Å². The second-order valence-corrected chi connectivity index (χ2v) is 12.6. The molecular formula is C31H36F5NO4. The summed E-state index contributed by atoms with van der Waals surface area (Å²) >= 11 is 0. The minimum atomic E-state index is -5.89. The second kappa shape index (κ2) is 10.2. The Balaban J connectivity index is 1.55. The summed E-state index contributed by atoms with van der Waals surface area (Å²) in [6, 6.07) is 7.00. The monoisotopic (exact) mass is 581 g/mol. The molecule has 5 nitrogen and oxygen atoms in total. The topological polar surface area (TPSA) is 75.6 Å². The number of carbonyl (C=O) groups is 2. The van der Waals surface area contributed by atoms with E-state index in [1.807, 2.05) is 0 Å². The summed E-state index contributed by atoms with van der Waals surface area (Å²) < 4.78 is 76.6. The lowest BCUT2D eigenvalue weighted by Gasteiger charge is -2.56. The highest BCUT2D eigenvalue weighted by Gasteiger charge is 2.79. The molecule has 2 saturated carbocycles. The van der Waals surface area contributed by atoms with E-state index in [2.05, 4.69) is 5.32 Å². The smallest absolute Gasteiger partial charge is 0.445 e. The van der Waals surface area contributed by atoms with Crippen molar-refractivity contribution in [1.29, 1.82) is 0 Å². The van der Waals surface area contributed by atoms with E-state index < -0.39 is 47.5 Å². The van der Waals surface area contributed by atoms with Crippen molar-refractivity contribution in [2.24, 2.45) is 17.3 Å². The molecular weight excluding hydrogens is 545 g/mol. The number of amides is 1. The molecule has 5 rings (SSSR count). The number of alkyl halides is 5. The molecule has 41 heavy (non-hydrogen) atoms. The Kier molecular flexibility index (Phi) is 7.40. The lowest BCUT2D eigenvalue weighted by atomic mass is 9.50. The Labute approximate surface area is 236 Å². The molecule has 0 unspecified atom stereocenters. The highest BCUT2D eigenvalue weighted by Crippen LogP contribution is 2.70. The predicted octanol–water partition coefficient (Wildman–Crippen LogP) is 7.15. The minimum absolute atomic E-state index is 0.00636. The third-order valence-corrected chi connectivity index (χ3v) is 9.92. The molecule has 4 aliphatic carbocycles. The standard InChI is InChI=1S/C31H36F5NO4/c1-17(2)37-27(39)41-16-18-4-6-19(7-5-18)24-15-28(3)25(12-13-29(28,40)30(32,33)31(34,35)36)23-10-8-20-14-21(38)9-11-22(20)26(23)24/h4-7,14,17,23-25,40H,8-13,15-16H2,1-3H3,(H,37,39)/t23-,24+,25-,28-,29-/m0/s1. The van der Waals surface area contributed by atoms with E-state index >= 15 is 8.78 Å². The van der Waals surface area contributed by atoms with E-state index in [-0.39, 0.29) is 37.2 Å². The number of benzene rings is 1. The van der Waals surface area contributed by atoms with Gasteiger partial charge in [-0.25, -0.2) is 4.79 Å². The lowest BCUT2D eigenvalue weighted by Crippen LogP contribution is -2.65. The molecule has 0 bridgehead atoms. The number of alkyl carbamates (subject to hydrolysis) is 1. The van der Waals surface area contributed by atoms with Gasteiger partial charge >= 0.3 is 18.2 Å². The molecule has 0 aromatic heterocycles. The van der Waals surface area contributed by atoms with Gasteiger partial charge in [0.2, 0.25) is 0 Å². The number of halogens is 5. The van der Waals surface area contributed by atoms with Crippen LogP contribution in [0.5, 0.6) is 0 Å². The largest absolute Gasteiger partial charge is 0.456 e. The number of fused-ring (bicyclic) bond motifs is 4. The van der Waals surface area contributed by atoms with Gasteiger partial charge in [-0.05, 0) is 92.6 Å². The van der Waals surface area contributed by atoms with Gasteiger partial charge < -0.3 is 15.2 Å². The molecule has 4 aliphatic rings. The maximum atomic E-state index is 15.1. The van der Waals surface area contributed by atoms with Gasteiger partial charge in [0, 0.05) is 23.8 Å².